The van der Waals surface area contributed by atoms with Crippen molar-refractivity contribution < 1.29 is 0 Å². The fraction of sp³-hybridized carbons (Fsp3) is 0.500. The van der Waals surface area contributed by atoms with Crippen LogP contribution in [-0.4, -0.2) is 9.74 Å². The molecule has 0 amide bonds. The van der Waals surface area contributed by atoms with Crippen LogP contribution >= 0.6 is 23.5 Å². The number of fused-ring (bicyclic) bond motifs is 2. The van der Waals surface area contributed by atoms with Gasteiger partial charge in [-0.2, -0.15) is 0 Å². The first-order chi connectivity index (χ1) is 17.1. The summed E-state index contributed by atoms with van der Waals surface area (Å²) in [6.07, 6.45) is 26.4. The molecule has 0 radical (unpaired) electrons. The Balaban J connectivity index is 1.26. The minimum atomic E-state index is -0.178. The van der Waals surface area contributed by atoms with Crippen LogP contribution in [0.2, 0.25) is 0 Å². The molecule has 4 aliphatic rings. The van der Waals surface area contributed by atoms with E-state index in [2.05, 4.69) is 114 Å². The van der Waals surface area contributed by atoms with Crippen molar-refractivity contribution in [2.24, 2.45) is 10.8 Å². The van der Waals surface area contributed by atoms with Gasteiger partial charge in [-0.05, 0) is 64.8 Å². The number of rotatable bonds is 8. The Morgan fingerprint density at radius 2 is 1.17 bits per heavy atom. The largest absolute Gasteiger partial charge is 0.347 e. The van der Waals surface area contributed by atoms with Crippen molar-refractivity contribution in [3.8, 4) is 0 Å². The summed E-state index contributed by atoms with van der Waals surface area (Å²) in [6.45, 7) is 14.0. The highest BCUT2D eigenvalue weighted by atomic mass is 32.2. The summed E-state index contributed by atoms with van der Waals surface area (Å²) < 4.78 is 0. The van der Waals surface area contributed by atoms with Crippen molar-refractivity contribution in [3.63, 3.8) is 0 Å². The zero-order chi connectivity index (χ0) is 25.6. The first-order valence-electron chi connectivity index (χ1n) is 13.7. The van der Waals surface area contributed by atoms with E-state index in [0.29, 0.717) is 0 Å². The van der Waals surface area contributed by atoms with Gasteiger partial charge in [-0.1, -0.05) is 63.1 Å². The number of allylic oxidation sites excluding steroid dienone is 4. The third kappa shape index (κ3) is 4.88. The van der Waals surface area contributed by atoms with Gasteiger partial charge in [0.25, 0.3) is 0 Å². The van der Waals surface area contributed by atoms with Gasteiger partial charge in [0.15, 0.2) is 9.74 Å². The topological polar surface area (TPSA) is 24.1 Å². The van der Waals surface area contributed by atoms with Gasteiger partial charge < -0.3 is 10.6 Å². The van der Waals surface area contributed by atoms with E-state index in [9.17, 15) is 0 Å². The lowest BCUT2D eigenvalue weighted by Crippen LogP contribution is -2.32. The van der Waals surface area contributed by atoms with Crippen molar-refractivity contribution in [1.82, 2.24) is 0 Å². The van der Waals surface area contributed by atoms with Crippen molar-refractivity contribution in [3.05, 3.63) is 72.6 Å². The molecule has 2 N–H and O–H groups in total. The first kappa shape index (κ1) is 25.9. The standard InChI is InChI=1S/C32H42N2S2/c1-7-9-15-29(3,4)23-11-17-31(18-12-23)33-25-21-26-28(22-27(25)35-31)36-32(34-26)19-13-24(14-20-32)30(5,6)16-10-8-2/h11-14,17-22,33-34H,7-10,15-16H2,1-6H3/q+2. The van der Waals surface area contributed by atoms with Crippen LogP contribution in [-0.2, 0) is 0 Å². The molecule has 190 valence electrons. The van der Waals surface area contributed by atoms with E-state index in [4.69, 9.17) is 0 Å². The number of anilines is 2. The van der Waals surface area contributed by atoms with Crippen LogP contribution in [0.4, 0.5) is 11.4 Å². The number of hydrogen-bond donors (Lipinski definition) is 2. The SMILES string of the molecule is CCCCC(C)(C)C1=C[CH+]C2(C=C1)Nc1cc3c(cc1S2)SC1(C=CC(C(C)(C)CCCC)=C[CH+]1)N3. The lowest BCUT2D eigenvalue weighted by molar-refractivity contribution is 0.399. The van der Waals surface area contributed by atoms with E-state index in [0.717, 1.165) is 0 Å². The molecule has 36 heavy (non-hydrogen) atoms. The third-order valence-electron chi connectivity index (χ3n) is 8.22. The fourth-order valence-electron chi connectivity index (χ4n) is 5.57. The van der Waals surface area contributed by atoms with E-state index in [1.54, 1.807) is 0 Å². The maximum Gasteiger partial charge on any atom is 0.195 e. The summed E-state index contributed by atoms with van der Waals surface area (Å²) in [5.41, 5.74) is 5.77. The molecule has 2 nitrogen and oxygen atoms in total. The van der Waals surface area contributed by atoms with E-state index in [-0.39, 0.29) is 20.6 Å². The van der Waals surface area contributed by atoms with E-state index in [1.165, 1.54) is 70.8 Å². The van der Waals surface area contributed by atoms with Gasteiger partial charge in [0.2, 0.25) is 0 Å². The fourth-order valence-corrected chi connectivity index (χ4v) is 8.03. The number of benzene rings is 1. The zero-order valence-corrected chi connectivity index (χ0v) is 24.5. The molecule has 4 heteroatoms. The van der Waals surface area contributed by atoms with Gasteiger partial charge in [-0.15, -0.1) is 0 Å². The molecular weight excluding hydrogens is 477 g/mol. The minimum absolute atomic E-state index is 0.178. The van der Waals surface area contributed by atoms with E-state index >= 15 is 0 Å². The maximum absolute atomic E-state index is 3.82. The monoisotopic (exact) mass is 518 g/mol. The normalized spacial score (nSPS) is 26.1. The predicted molar refractivity (Wildman–Crippen MR) is 161 cm³/mol. The third-order valence-corrected chi connectivity index (χ3v) is 10.8. The van der Waals surface area contributed by atoms with Gasteiger partial charge in [0.1, 0.15) is 12.2 Å². The Bertz CT molecular complexity index is 1010. The van der Waals surface area contributed by atoms with Crippen molar-refractivity contribution in [2.75, 3.05) is 10.6 Å². The number of hydrogen-bond acceptors (Lipinski definition) is 4. The molecule has 0 bridgehead atoms. The maximum atomic E-state index is 3.82. The molecular formula is C32H42N2S2+2. The molecule has 2 spiro atoms. The second kappa shape index (κ2) is 9.51. The van der Waals surface area contributed by atoms with Crippen molar-refractivity contribution in [2.45, 2.75) is 99.6 Å². The van der Waals surface area contributed by atoms with Crippen LogP contribution in [0.15, 0.2) is 69.5 Å². The number of thioether (sulfide) groups is 2. The smallest absolute Gasteiger partial charge is 0.195 e. The molecule has 2 atom stereocenters. The van der Waals surface area contributed by atoms with E-state index in [1.807, 2.05) is 23.5 Å². The highest BCUT2D eigenvalue weighted by molar-refractivity contribution is 8.02. The lowest BCUT2D eigenvalue weighted by atomic mass is 9.77. The summed E-state index contributed by atoms with van der Waals surface area (Å²) in [5, 5.41) is 7.64. The molecule has 0 aromatic heterocycles. The predicted octanol–water partition coefficient (Wildman–Crippen LogP) is 9.95. The molecule has 2 heterocycles. The molecule has 0 saturated heterocycles. The van der Waals surface area contributed by atoms with Gasteiger partial charge in [0.05, 0.1) is 46.2 Å². The molecule has 0 fully saturated rings. The lowest BCUT2D eigenvalue weighted by Gasteiger charge is -2.27. The summed E-state index contributed by atoms with van der Waals surface area (Å²) >= 11 is 3.85. The Kier molecular flexibility index (Phi) is 6.83. The van der Waals surface area contributed by atoms with Gasteiger partial charge in [-0.3, -0.25) is 0 Å². The Hall–Kier alpha value is -1.78. The van der Waals surface area contributed by atoms with Gasteiger partial charge in [-0.25, -0.2) is 0 Å². The molecule has 1 aromatic carbocycles. The first-order valence-corrected chi connectivity index (χ1v) is 15.4. The van der Waals surface area contributed by atoms with Crippen LogP contribution in [0.5, 0.6) is 0 Å². The number of nitrogens with one attached hydrogen (secondary N) is 2. The van der Waals surface area contributed by atoms with Crippen molar-refractivity contribution >= 4 is 34.9 Å². The van der Waals surface area contributed by atoms with Crippen LogP contribution in [0.3, 0.4) is 0 Å². The zero-order valence-electron chi connectivity index (χ0n) is 22.8. The van der Waals surface area contributed by atoms with E-state index < -0.39 is 0 Å². The summed E-state index contributed by atoms with van der Waals surface area (Å²) in [7, 11) is 0. The molecule has 2 aliphatic heterocycles. The number of unbranched alkanes of at least 4 members (excludes halogenated alkanes) is 2. The van der Waals surface area contributed by atoms with Crippen LogP contribution < -0.4 is 10.6 Å². The molecule has 5 rings (SSSR count). The second-order valence-corrected chi connectivity index (χ2v) is 14.7. The van der Waals surface area contributed by atoms with Gasteiger partial charge in [0, 0.05) is 21.9 Å². The van der Waals surface area contributed by atoms with Crippen LogP contribution in [0.1, 0.15) is 80.1 Å². The average Bonchev–Trinajstić information content (AvgIpc) is 3.36. The summed E-state index contributed by atoms with van der Waals surface area (Å²) in [4.78, 5) is 2.31. The highest BCUT2D eigenvalue weighted by Crippen LogP contribution is 2.57. The minimum Gasteiger partial charge on any atom is -0.347 e. The quantitative estimate of drug-likeness (QED) is 0.334. The molecule has 2 unspecified atom stereocenters. The van der Waals surface area contributed by atoms with Crippen LogP contribution in [0.25, 0.3) is 0 Å². The summed E-state index contributed by atoms with van der Waals surface area (Å²) in [5.74, 6) is 0. The Labute approximate surface area is 227 Å². The molecule has 2 aliphatic carbocycles. The van der Waals surface area contributed by atoms with Gasteiger partial charge >= 0.3 is 0 Å². The Morgan fingerprint density at radius 1 is 0.722 bits per heavy atom. The Morgan fingerprint density at radius 3 is 1.53 bits per heavy atom. The second-order valence-electron chi connectivity index (χ2n) is 12.1. The average molecular weight is 519 g/mol. The van der Waals surface area contributed by atoms with Crippen LogP contribution in [0, 0.1) is 23.7 Å². The molecule has 0 saturated carbocycles. The highest BCUT2D eigenvalue weighted by Gasteiger charge is 2.47. The summed E-state index contributed by atoms with van der Waals surface area (Å²) in [6, 6.07) is 4.69. The molecule has 1 aromatic rings. The van der Waals surface area contributed by atoms with Crippen molar-refractivity contribution in [1.29, 1.82) is 0 Å².